The van der Waals surface area contributed by atoms with Crippen molar-refractivity contribution in [3.05, 3.63) is 0 Å². The molecule has 0 saturated heterocycles. The molecule has 0 aliphatic rings. The van der Waals surface area contributed by atoms with Crippen LogP contribution in [0.5, 0.6) is 0 Å². The second-order valence-corrected chi connectivity index (χ2v) is 0.735. The average Bonchev–Trinajstić information content (AvgIpc) is 1.70. The van der Waals surface area contributed by atoms with Crippen molar-refractivity contribution in [2.75, 3.05) is 0 Å². The van der Waals surface area contributed by atoms with Crippen LogP contribution in [0.4, 0.5) is 0 Å². The Bertz CT molecular complexity index is 49.7. The molecule has 55 valence electrons. The van der Waals surface area contributed by atoms with Gasteiger partial charge in [0.1, 0.15) is 0 Å². The average molecular weight is 336 g/mol. The third-order valence-electron chi connectivity index (χ3n) is 0. The van der Waals surface area contributed by atoms with Crippen molar-refractivity contribution in [3.8, 4) is 0 Å². The molecule has 0 aromatic carbocycles. The Morgan fingerprint density at radius 2 is 0.700 bits per heavy atom. The molecule has 1 radical (unpaired) electrons. The minimum atomic E-state index is -0.833. The zero-order valence-corrected chi connectivity index (χ0v) is 10.3. The Morgan fingerprint density at radius 1 is 0.700 bits per heavy atom. The normalized spacial score (nSPS) is 6.30. The van der Waals surface area contributed by atoms with E-state index in [-0.39, 0.29) is 40.8 Å². The van der Waals surface area contributed by atoms with E-state index >= 15 is 0 Å². The summed E-state index contributed by atoms with van der Waals surface area (Å²) in [6.45, 7) is 0. The fourth-order valence-corrected chi connectivity index (χ4v) is 0. The summed E-state index contributed by atoms with van der Waals surface area (Å²) in [6, 6.07) is 0. The van der Waals surface area contributed by atoms with Gasteiger partial charge in [-0.05, 0) is 0 Å². The van der Waals surface area contributed by atoms with Gasteiger partial charge in [0, 0.05) is 0 Å². The van der Waals surface area contributed by atoms with Crippen LogP contribution in [0.3, 0.4) is 0 Å². The standard InChI is InChI=1S/Nd.3HO2P/c;3*1-3-2/h;3*(H,1,2)/q+3;;;. The fourth-order valence-electron chi connectivity index (χ4n) is 0. The van der Waals surface area contributed by atoms with E-state index in [0.29, 0.717) is 0 Å². The summed E-state index contributed by atoms with van der Waals surface area (Å²) in [5, 5.41) is 0. The minimum absolute atomic E-state index is 0. The van der Waals surface area contributed by atoms with Gasteiger partial charge in [-0.1, -0.05) is 0 Å². The Hall–Kier alpha value is 1.53. The molecule has 0 rings (SSSR count). The van der Waals surface area contributed by atoms with E-state index in [4.69, 9.17) is 28.4 Å². The third-order valence-corrected chi connectivity index (χ3v) is 0. The Balaban J connectivity index is -0.0000000257. The molecule has 0 aromatic rings. The molecule has 0 amide bonds. The molecule has 0 aliphatic heterocycles. The second-order valence-electron chi connectivity index (χ2n) is 0.245. The van der Waals surface area contributed by atoms with E-state index < -0.39 is 26.1 Å². The van der Waals surface area contributed by atoms with E-state index in [2.05, 4.69) is 0 Å². The van der Waals surface area contributed by atoms with Gasteiger partial charge in [0.05, 0.1) is 0 Å². The number of rotatable bonds is 0. The maximum Gasteiger partial charge on any atom is 3.00 e. The van der Waals surface area contributed by atoms with Gasteiger partial charge in [-0.15, -0.1) is 0 Å². The summed E-state index contributed by atoms with van der Waals surface area (Å²) in [5.41, 5.74) is 0. The summed E-state index contributed by atoms with van der Waals surface area (Å²) in [6.07, 6.45) is 0. The molecule has 0 atom stereocenters. The predicted molar refractivity (Wildman–Crippen MR) is 29.5 cm³/mol. The summed E-state index contributed by atoms with van der Waals surface area (Å²) in [5.74, 6) is 0. The maximum absolute atomic E-state index is 8.46. The molecule has 0 fully saturated rings. The van der Waals surface area contributed by atoms with Crippen LogP contribution < -0.4 is 0 Å². The first-order chi connectivity index (χ1) is 4.24. The molecule has 10 heavy (non-hydrogen) atoms. The van der Waals surface area contributed by atoms with Gasteiger partial charge in [0.15, 0.2) is 0 Å². The third kappa shape index (κ3) is 296. The monoisotopic (exact) mass is 334 g/mol. The van der Waals surface area contributed by atoms with E-state index in [1.54, 1.807) is 0 Å². The van der Waals surface area contributed by atoms with Gasteiger partial charge >= 0.3 is 66.9 Å². The molecule has 0 heterocycles. The van der Waals surface area contributed by atoms with Crippen LogP contribution in [-0.4, -0.2) is 14.7 Å². The van der Waals surface area contributed by atoms with Crippen molar-refractivity contribution >= 4 is 26.1 Å². The van der Waals surface area contributed by atoms with Crippen molar-refractivity contribution in [1.29, 1.82) is 0 Å². The molecule has 0 aromatic heterocycles. The number of hydrogen-bond donors (Lipinski definition) is 3. The molecule has 0 unspecified atom stereocenters. The molecule has 0 saturated carbocycles. The van der Waals surface area contributed by atoms with E-state index in [0.717, 1.165) is 0 Å². The predicted octanol–water partition coefficient (Wildman–Crippen LogP) is 0.556. The van der Waals surface area contributed by atoms with Crippen molar-refractivity contribution < 1.29 is 69.2 Å². The van der Waals surface area contributed by atoms with Crippen molar-refractivity contribution in [3.63, 3.8) is 0 Å². The van der Waals surface area contributed by atoms with Crippen LogP contribution in [-0.2, 0) is 13.7 Å². The van der Waals surface area contributed by atoms with Crippen LogP contribution in [0, 0.1) is 40.8 Å². The van der Waals surface area contributed by atoms with Gasteiger partial charge in [-0.25, -0.2) is 13.7 Å². The number of hydrogen-bond acceptors (Lipinski definition) is 3. The SMILES string of the molecule is O=PO.O=PO.O=PO.[Nd+3]. The maximum atomic E-state index is 8.46. The van der Waals surface area contributed by atoms with Crippen LogP contribution >= 0.6 is 26.1 Å². The van der Waals surface area contributed by atoms with Crippen molar-refractivity contribution in [1.82, 2.24) is 0 Å². The van der Waals surface area contributed by atoms with Gasteiger partial charge in [-0.3, -0.25) is 0 Å². The summed E-state index contributed by atoms with van der Waals surface area (Å²) >= 11 is 0. The molecule has 0 aliphatic carbocycles. The van der Waals surface area contributed by atoms with Gasteiger partial charge in [-0.2, -0.15) is 0 Å². The van der Waals surface area contributed by atoms with Crippen molar-refractivity contribution in [2.24, 2.45) is 0 Å². The van der Waals surface area contributed by atoms with Gasteiger partial charge < -0.3 is 14.7 Å². The first-order valence-electron chi connectivity index (χ1n) is 1.15. The summed E-state index contributed by atoms with van der Waals surface area (Å²) in [7, 11) is -2.50. The summed E-state index contributed by atoms with van der Waals surface area (Å²) < 4.78 is 25.4. The Morgan fingerprint density at radius 3 is 0.700 bits per heavy atom. The quantitative estimate of drug-likeness (QED) is 0.557. The zero-order valence-electron chi connectivity index (χ0n) is 4.41. The van der Waals surface area contributed by atoms with Crippen LogP contribution in [0.2, 0.25) is 0 Å². The topological polar surface area (TPSA) is 112 Å². The summed E-state index contributed by atoms with van der Waals surface area (Å²) in [4.78, 5) is 21.0. The molecule has 10 heteroatoms. The Kier molecular flexibility index (Phi) is 105. The largest absolute Gasteiger partial charge is 3.00 e. The van der Waals surface area contributed by atoms with E-state index in [1.807, 2.05) is 0 Å². The molecule has 0 spiro atoms. The molecule has 6 nitrogen and oxygen atoms in total. The fraction of sp³-hybridized carbons (Fsp3) is 0. The van der Waals surface area contributed by atoms with E-state index in [1.165, 1.54) is 0 Å². The smallest absolute Gasteiger partial charge is 0.310 e. The zero-order chi connectivity index (χ0) is 8.12. The molecular weight excluding hydrogens is 333 g/mol. The molecule has 3 N–H and O–H groups in total. The Labute approximate surface area is 94.4 Å². The van der Waals surface area contributed by atoms with Crippen LogP contribution in [0.15, 0.2) is 0 Å². The van der Waals surface area contributed by atoms with Crippen LogP contribution in [0.25, 0.3) is 0 Å². The van der Waals surface area contributed by atoms with Crippen LogP contribution in [0.1, 0.15) is 0 Å². The van der Waals surface area contributed by atoms with Crippen molar-refractivity contribution in [2.45, 2.75) is 0 Å². The second kappa shape index (κ2) is 46.6. The first-order valence-corrected chi connectivity index (χ1v) is 3.44. The first kappa shape index (κ1) is 22.5. The molecular formula is H3NdO6P3+3. The van der Waals surface area contributed by atoms with E-state index in [9.17, 15) is 0 Å². The molecule has 0 bridgehead atoms. The van der Waals surface area contributed by atoms with Gasteiger partial charge in [0.25, 0.3) is 0 Å². The van der Waals surface area contributed by atoms with Gasteiger partial charge in [0.2, 0.25) is 0 Å². The minimum Gasteiger partial charge on any atom is -0.310 e.